The van der Waals surface area contributed by atoms with Gasteiger partial charge in [0, 0.05) is 23.7 Å². The zero-order valence-corrected chi connectivity index (χ0v) is 11.0. The first kappa shape index (κ1) is 12.5. The van der Waals surface area contributed by atoms with Gasteiger partial charge in [0.25, 0.3) is 0 Å². The number of hydrogen-bond donors (Lipinski definition) is 0. The van der Waals surface area contributed by atoms with E-state index in [-0.39, 0.29) is 0 Å². The molecule has 0 fully saturated rings. The van der Waals surface area contributed by atoms with Crippen molar-refractivity contribution in [2.75, 3.05) is 0 Å². The molecule has 2 heteroatoms. The maximum Gasteiger partial charge on any atom is 0.0702 e. The highest BCUT2D eigenvalue weighted by Crippen LogP contribution is 2.21. The van der Waals surface area contributed by atoms with Gasteiger partial charge in [-0.05, 0) is 42.0 Å². The fourth-order valence-electron chi connectivity index (χ4n) is 1.92. The number of benzene rings is 1. The van der Waals surface area contributed by atoms with Gasteiger partial charge in [-0.1, -0.05) is 26.5 Å². The minimum atomic E-state index is 0.496. The largest absolute Gasteiger partial charge is 0.269 e. The van der Waals surface area contributed by atoms with Crippen molar-refractivity contribution in [3.05, 3.63) is 53.9 Å². The van der Waals surface area contributed by atoms with Gasteiger partial charge in [0.15, 0.2) is 0 Å². The van der Waals surface area contributed by atoms with Crippen molar-refractivity contribution in [1.29, 1.82) is 0 Å². The summed E-state index contributed by atoms with van der Waals surface area (Å²) in [6.07, 6.45) is 2.70. The molecule has 92 valence electrons. The summed E-state index contributed by atoms with van der Waals surface area (Å²) < 4.78 is 0. The molecule has 0 bridgehead atoms. The highest BCUT2D eigenvalue weighted by molar-refractivity contribution is 5.80. The molecule has 0 saturated carbocycles. The lowest BCUT2D eigenvalue weighted by atomic mass is 10.0. The number of aromatic nitrogens is 1. The summed E-state index contributed by atoms with van der Waals surface area (Å²) in [6, 6.07) is 8.48. The smallest absolute Gasteiger partial charge is 0.0702 e. The molecule has 0 atom stereocenters. The summed E-state index contributed by atoms with van der Waals surface area (Å²) in [5.41, 5.74) is 4.28. The van der Waals surface area contributed by atoms with Crippen LogP contribution in [0.15, 0.2) is 47.7 Å². The van der Waals surface area contributed by atoms with Crippen LogP contribution in [-0.4, -0.2) is 11.7 Å². The van der Waals surface area contributed by atoms with Gasteiger partial charge in [-0.25, -0.2) is 0 Å². The molecule has 0 aliphatic carbocycles. The van der Waals surface area contributed by atoms with Crippen molar-refractivity contribution in [1.82, 2.24) is 4.98 Å². The van der Waals surface area contributed by atoms with Gasteiger partial charge in [-0.3, -0.25) is 9.98 Å². The molecule has 0 unspecified atom stereocenters. The van der Waals surface area contributed by atoms with Crippen molar-refractivity contribution in [2.45, 2.75) is 26.2 Å². The number of nitrogens with zero attached hydrogens (tertiary/aromatic N) is 2. The molecule has 0 aliphatic heterocycles. The van der Waals surface area contributed by atoms with E-state index in [2.05, 4.69) is 55.3 Å². The van der Waals surface area contributed by atoms with E-state index in [1.807, 2.05) is 12.3 Å². The van der Waals surface area contributed by atoms with Crippen molar-refractivity contribution >= 4 is 17.6 Å². The van der Waals surface area contributed by atoms with Crippen molar-refractivity contribution in [3.8, 4) is 0 Å². The second-order valence-corrected chi connectivity index (χ2v) is 4.85. The van der Waals surface area contributed by atoms with Gasteiger partial charge < -0.3 is 0 Å². The van der Waals surface area contributed by atoms with Crippen LogP contribution in [0.4, 0.5) is 0 Å². The molecular formula is C16H18N2. The molecule has 1 aromatic heterocycles. The Balaban J connectivity index is 2.42. The Morgan fingerprint density at radius 2 is 2.11 bits per heavy atom. The summed E-state index contributed by atoms with van der Waals surface area (Å²) in [7, 11) is 0. The number of fused-ring (bicyclic) bond motifs is 1. The van der Waals surface area contributed by atoms with Crippen LogP contribution in [0.25, 0.3) is 10.9 Å². The highest BCUT2D eigenvalue weighted by Gasteiger charge is 2.03. The first-order valence-corrected chi connectivity index (χ1v) is 6.13. The Morgan fingerprint density at radius 3 is 2.78 bits per heavy atom. The topological polar surface area (TPSA) is 25.2 Å². The third-order valence-corrected chi connectivity index (χ3v) is 3.07. The molecule has 0 amide bonds. The van der Waals surface area contributed by atoms with Crippen LogP contribution in [0.5, 0.6) is 0 Å². The lowest BCUT2D eigenvalue weighted by Gasteiger charge is -2.07. The number of hydrogen-bond acceptors (Lipinski definition) is 2. The second kappa shape index (κ2) is 5.13. The normalized spacial score (nSPS) is 10.8. The van der Waals surface area contributed by atoms with E-state index in [9.17, 15) is 0 Å². The van der Waals surface area contributed by atoms with Crippen LogP contribution in [0.3, 0.4) is 0 Å². The van der Waals surface area contributed by atoms with Gasteiger partial charge in [0.1, 0.15) is 0 Å². The van der Waals surface area contributed by atoms with Gasteiger partial charge >= 0.3 is 0 Å². The Kier molecular flexibility index (Phi) is 3.56. The average Bonchev–Trinajstić information content (AvgIpc) is 2.37. The third-order valence-electron chi connectivity index (χ3n) is 3.07. The number of pyridine rings is 1. The number of rotatable bonds is 4. The van der Waals surface area contributed by atoms with E-state index in [1.54, 1.807) is 0 Å². The molecule has 0 spiro atoms. The fraction of sp³-hybridized carbons (Fsp3) is 0.250. The lowest BCUT2D eigenvalue weighted by Crippen LogP contribution is -1.91. The monoisotopic (exact) mass is 238 g/mol. The summed E-state index contributed by atoms with van der Waals surface area (Å²) in [5, 5.41) is 1.18. The molecule has 0 aliphatic rings. The van der Waals surface area contributed by atoms with Crippen molar-refractivity contribution in [3.63, 3.8) is 0 Å². The van der Waals surface area contributed by atoms with Crippen LogP contribution in [0.2, 0.25) is 0 Å². The van der Waals surface area contributed by atoms with Crippen LogP contribution >= 0.6 is 0 Å². The van der Waals surface area contributed by atoms with Crippen molar-refractivity contribution in [2.24, 2.45) is 4.99 Å². The maximum atomic E-state index is 4.48. The highest BCUT2D eigenvalue weighted by atomic mass is 14.7. The fourth-order valence-corrected chi connectivity index (χ4v) is 1.92. The molecule has 1 heterocycles. The molecule has 0 saturated heterocycles. The van der Waals surface area contributed by atoms with Crippen LogP contribution in [-0.2, 0) is 6.42 Å². The zero-order valence-electron chi connectivity index (χ0n) is 11.0. The van der Waals surface area contributed by atoms with E-state index in [0.717, 1.165) is 17.6 Å². The Morgan fingerprint density at radius 1 is 1.33 bits per heavy atom. The molecular weight excluding hydrogens is 220 g/mol. The molecule has 18 heavy (non-hydrogen) atoms. The van der Waals surface area contributed by atoms with Gasteiger partial charge in [-0.15, -0.1) is 0 Å². The number of allylic oxidation sites excluding steroid dienone is 1. The molecule has 2 rings (SSSR count). The third kappa shape index (κ3) is 2.65. The predicted molar refractivity (Wildman–Crippen MR) is 78.2 cm³/mol. The zero-order chi connectivity index (χ0) is 13.1. The molecule has 2 nitrogen and oxygen atoms in total. The average molecular weight is 238 g/mol. The molecule has 2 aromatic rings. The van der Waals surface area contributed by atoms with Gasteiger partial charge in [0.2, 0.25) is 0 Å². The SMILES string of the molecule is C=NC(=C)Cc1ccc2ncc(C(C)C)cc2c1. The Labute approximate surface area is 108 Å². The van der Waals surface area contributed by atoms with Crippen molar-refractivity contribution < 1.29 is 0 Å². The first-order valence-electron chi connectivity index (χ1n) is 6.13. The number of aliphatic imine (C=N–C) groups is 1. The Hall–Kier alpha value is -1.96. The van der Waals surface area contributed by atoms with Gasteiger partial charge in [0.05, 0.1) is 5.52 Å². The lowest BCUT2D eigenvalue weighted by molar-refractivity contribution is 0.862. The van der Waals surface area contributed by atoms with Gasteiger partial charge in [-0.2, -0.15) is 0 Å². The summed E-state index contributed by atoms with van der Waals surface area (Å²) in [6.45, 7) is 11.7. The standard InChI is InChI=1S/C16H18N2/c1-11(2)15-9-14-8-13(7-12(3)17-4)5-6-16(14)18-10-15/h5-6,8-11H,3-4,7H2,1-2H3. The minimum absolute atomic E-state index is 0.496. The molecule has 1 aromatic carbocycles. The summed E-state index contributed by atoms with van der Waals surface area (Å²) >= 11 is 0. The maximum absolute atomic E-state index is 4.48. The quantitative estimate of drug-likeness (QED) is 0.736. The summed E-state index contributed by atoms with van der Waals surface area (Å²) in [4.78, 5) is 8.33. The second-order valence-electron chi connectivity index (χ2n) is 4.85. The Bertz CT molecular complexity index is 597. The van der Waals surface area contributed by atoms with E-state index >= 15 is 0 Å². The van der Waals surface area contributed by atoms with Crippen LogP contribution in [0, 0.1) is 0 Å². The van der Waals surface area contributed by atoms with Crippen LogP contribution < -0.4 is 0 Å². The van der Waals surface area contributed by atoms with E-state index in [4.69, 9.17) is 0 Å². The molecule has 0 N–H and O–H groups in total. The van der Waals surface area contributed by atoms with E-state index in [0.29, 0.717) is 5.92 Å². The van der Waals surface area contributed by atoms with E-state index in [1.165, 1.54) is 16.5 Å². The van der Waals surface area contributed by atoms with Crippen LogP contribution in [0.1, 0.15) is 30.9 Å². The summed E-state index contributed by atoms with van der Waals surface area (Å²) in [5.74, 6) is 0.496. The van der Waals surface area contributed by atoms with E-state index < -0.39 is 0 Å². The predicted octanol–water partition coefficient (Wildman–Crippen LogP) is 4.12. The first-order chi connectivity index (χ1) is 8.60. The molecule has 0 radical (unpaired) electrons. The minimum Gasteiger partial charge on any atom is -0.269 e.